The van der Waals surface area contributed by atoms with E-state index < -0.39 is 11.9 Å². The third kappa shape index (κ3) is 28.6. The molecule has 0 aliphatic rings. The summed E-state index contributed by atoms with van der Waals surface area (Å²) in [6.45, 7) is 8.97. The molecule has 1 aromatic carbocycles. The zero-order valence-corrected chi connectivity index (χ0v) is 26.0. The van der Waals surface area contributed by atoms with E-state index in [1.807, 2.05) is 36.4 Å². The van der Waals surface area contributed by atoms with Crippen molar-refractivity contribution >= 4 is 18.0 Å². The van der Waals surface area contributed by atoms with Crippen molar-refractivity contribution in [3.63, 3.8) is 0 Å². The van der Waals surface area contributed by atoms with Crippen molar-refractivity contribution < 1.29 is 19.1 Å². The molecule has 0 spiro atoms. The topological polar surface area (TPSA) is 52.6 Å². The van der Waals surface area contributed by atoms with Crippen molar-refractivity contribution in [2.75, 3.05) is 13.2 Å². The second-order valence-electron chi connectivity index (χ2n) is 10.6. The van der Waals surface area contributed by atoms with Gasteiger partial charge < -0.3 is 9.47 Å². The second kappa shape index (κ2) is 31.2. The Morgan fingerprint density at radius 1 is 0.550 bits per heavy atom. The highest BCUT2D eigenvalue weighted by atomic mass is 16.5. The van der Waals surface area contributed by atoms with Gasteiger partial charge in [0.25, 0.3) is 0 Å². The zero-order valence-electron chi connectivity index (χ0n) is 26.0. The van der Waals surface area contributed by atoms with Gasteiger partial charge in [-0.1, -0.05) is 172 Å². The molecule has 0 bridgehead atoms. The molecule has 1 aromatic rings. The predicted octanol–water partition coefficient (Wildman–Crippen LogP) is 10.8. The number of unbranched alkanes of at least 4 members (excludes halogenated alkanes) is 18. The molecule has 0 amide bonds. The number of esters is 2. The first-order valence-corrected chi connectivity index (χ1v) is 16.3. The summed E-state index contributed by atoms with van der Waals surface area (Å²) < 4.78 is 10.3. The Morgan fingerprint density at radius 3 is 1.18 bits per heavy atom. The maximum absolute atomic E-state index is 11.7. The fourth-order valence-electron chi connectivity index (χ4n) is 4.35. The van der Waals surface area contributed by atoms with E-state index in [-0.39, 0.29) is 0 Å². The lowest BCUT2D eigenvalue weighted by Gasteiger charge is -2.04. The number of carbonyl (C=O) groups excluding carboxylic acids is 2. The Kier molecular flexibility index (Phi) is 29.3. The smallest absolute Gasteiger partial charge is 0.331 e. The highest BCUT2D eigenvalue weighted by Crippen LogP contribution is 2.11. The van der Waals surface area contributed by atoms with Gasteiger partial charge in [-0.15, -0.1) is 0 Å². The third-order valence-corrected chi connectivity index (χ3v) is 6.88. The fraction of sp³-hybridized carbons (Fsp3) is 0.667. The highest BCUT2D eigenvalue weighted by Gasteiger charge is 2.02. The second-order valence-corrected chi connectivity index (χ2v) is 10.6. The summed E-state index contributed by atoms with van der Waals surface area (Å²) in [6, 6.07) is 10.0. The van der Waals surface area contributed by atoms with Crippen LogP contribution in [0, 0.1) is 0 Å². The molecule has 4 nitrogen and oxygen atoms in total. The summed E-state index contributed by atoms with van der Waals surface area (Å²) >= 11 is 0. The van der Waals surface area contributed by atoms with Crippen LogP contribution in [0.5, 0.6) is 0 Å². The Morgan fingerprint density at radius 2 is 0.875 bits per heavy atom. The van der Waals surface area contributed by atoms with E-state index in [4.69, 9.17) is 9.47 Å². The quantitative estimate of drug-likeness (QED) is 0.0682. The van der Waals surface area contributed by atoms with E-state index in [9.17, 15) is 9.59 Å². The van der Waals surface area contributed by atoms with E-state index in [1.54, 1.807) is 0 Å². The van der Waals surface area contributed by atoms with Gasteiger partial charge in [-0.3, -0.25) is 0 Å². The van der Waals surface area contributed by atoms with E-state index in [0.29, 0.717) is 13.2 Å². The van der Waals surface area contributed by atoms with Crippen LogP contribution < -0.4 is 0 Å². The van der Waals surface area contributed by atoms with Crippen molar-refractivity contribution in [2.24, 2.45) is 0 Å². The number of rotatable bonds is 25. The minimum Gasteiger partial charge on any atom is -0.463 e. The number of benzene rings is 1. The van der Waals surface area contributed by atoms with Gasteiger partial charge in [0.1, 0.15) is 0 Å². The third-order valence-electron chi connectivity index (χ3n) is 6.88. The lowest BCUT2D eigenvalue weighted by molar-refractivity contribution is -0.140. The zero-order chi connectivity index (χ0) is 29.4. The molecule has 0 atom stereocenters. The molecule has 0 saturated carbocycles. The first-order valence-electron chi connectivity index (χ1n) is 16.3. The molecule has 0 unspecified atom stereocenters. The maximum Gasteiger partial charge on any atom is 0.331 e. The molecule has 4 heteroatoms. The van der Waals surface area contributed by atoms with Gasteiger partial charge in [-0.05, 0) is 18.4 Å². The van der Waals surface area contributed by atoms with Gasteiger partial charge >= 0.3 is 11.9 Å². The van der Waals surface area contributed by atoms with E-state index in [1.165, 1.54) is 120 Å². The van der Waals surface area contributed by atoms with Crippen molar-refractivity contribution in [3.05, 3.63) is 54.6 Å². The average Bonchev–Trinajstić information content (AvgIpc) is 2.98. The van der Waals surface area contributed by atoms with Gasteiger partial charge in [0, 0.05) is 12.2 Å². The Labute approximate surface area is 247 Å². The molecule has 228 valence electrons. The SMILES string of the molecule is C=Cc1ccccc1.CCCCCCCCCCCCOC(=O)C=CC(=O)OCCCCCCCCCCCC. The maximum atomic E-state index is 11.7. The molecule has 0 saturated heterocycles. The number of hydrogen-bond acceptors (Lipinski definition) is 4. The van der Waals surface area contributed by atoms with Gasteiger partial charge in [-0.25, -0.2) is 9.59 Å². The van der Waals surface area contributed by atoms with Gasteiger partial charge in [0.05, 0.1) is 13.2 Å². The molecular weight excluding hydrogens is 496 g/mol. The van der Waals surface area contributed by atoms with Crippen LogP contribution >= 0.6 is 0 Å². The van der Waals surface area contributed by atoms with Crippen LogP contribution in [-0.2, 0) is 19.1 Å². The predicted molar refractivity (Wildman–Crippen MR) is 171 cm³/mol. The summed E-state index contributed by atoms with van der Waals surface area (Å²) in [6.07, 6.45) is 29.2. The number of ether oxygens (including phenoxy) is 2. The van der Waals surface area contributed by atoms with Crippen LogP contribution in [0.15, 0.2) is 49.1 Å². The van der Waals surface area contributed by atoms with Gasteiger partial charge in [0.2, 0.25) is 0 Å². The van der Waals surface area contributed by atoms with Crippen LogP contribution in [0.2, 0.25) is 0 Å². The molecule has 0 aliphatic heterocycles. The molecule has 0 aromatic heterocycles. The average molecular weight is 557 g/mol. The summed E-state index contributed by atoms with van der Waals surface area (Å²) in [7, 11) is 0. The van der Waals surface area contributed by atoms with Crippen molar-refractivity contribution in [2.45, 2.75) is 142 Å². The molecule has 1 rings (SSSR count). The van der Waals surface area contributed by atoms with E-state index in [0.717, 1.165) is 25.7 Å². The summed E-state index contributed by atoms with van der Waals surface area (Å²) in [5, 5.41) is 0. The minimum atomic E-state index is -0.461. The lowest BCUT2D eigenvalue weighted by atomic mass is 10.1. The number of carbonyl (C=O) groups is 2. The number of hydrogen-bond donors (Lipinski definition) is 0. The fourth-order valence-corrected chi connectivity index (χ4v) is 4.35. The van der Waals surface area contributed by atoms with Crippen LogP contribution in [-0.4, -0.2) is 25.2 Å². The molecule has 0 N–H and O–H groups in total. The molecule has 40 heavy (non-hydrogen) atoms. The summed E-state index contributed by atoms with van der Waals surface area (Å²) in [5.41, 5.74) is 1.17. The Balaban J connectivity index is 0.00000161. The largest absolute Gasteiger partial charge is 0.463 e. The molecule has 0 heterocycles. The van der Waals surface area contributed by atoms with Crippen molar-refractivity contribution in [1.29, 1.82) is 0 Å². The molecule has 0 fully saturated rings. The van der Waals surface area contributed by atoms with Crippen LogP contribution in [0.25, 0.3) is 6.08 Å². The Bertz CT molecular complexity index is 686. The van der Waals surface area contributed by atoms with Crippen LogP contribution in [0.1, 0.15) is 148 Å². The highest BCUT2D eigenvalue weighted by molar-refractivity contribution is 5.91. The molecule has 0 aliphatic carbocycles. The Hall–Kier alpha value is -2.36. The normalized spacial score (nSPS) is 10.7. The minimum absolute atomic E-state index is 0.424. The van der Waals surface area contributed by atoms with Gasteiger partial charge in [0.15, 0.2) is 0 Å². The summed E-state index contributed by atoms with van der Waals surface area (Å²) in [5.74, 6) is -0.923. The first-order chi connectivity index (χ1) is 19.6. The van der Waals surface area contributed by atoms with E-state index in [2.05, 4.69) is 20.4 Å². The van der Waals surface area contributed by atoms with Gasteiger partial charge in [-0.2, -0.15) is 0 Å². The molecular formula is C36H60O4. The standard InChI is InChI=1S/C28H52O4.C8H8/c1-3-5-7-9-11-13-15-17-19-21-25-31-27(29)23-24-28(30)32-26-22-20-18-16-14-12-10-8-6-4-2;1-2-8-6-4-3-5-7-8/h23-24H,3-22,25-26H2,1-2H3;2-7H,1H2. The first kappa shape index (κ1) is 37.6. The van der Waals surface area contributed by atoms with Crippen molar-refractivity contribution in [1.82, 2.24) is 0 Å². The van der Waals surface area contributed by atoms with Crippen LogP contribution in [0.4, 0.5) is 0 Å². The summed E-state index contributed by atoms with van der Waals surface area (Å²) in [4.78, 5) is 23.3. The van der Waals surface area contributed by atoms with Crippen molar-refractivity contribution in [3.8, 4) is 0 Å². The molecule has 0 radical (unpaired) electrons. The van der Waals surface area contributed by atoms with E-state index >= 15 is 0 Å². The van der Waals surface area contributed by atoms with Crippen LogP contribution in [0.3, 0.4) is 0 Å². The monoisotopic (exact) mass is 556 g/mol. The lowest BCUT2D eigenvalue weighted by Crippen LogP contribution is -2.06.